The van der Waals surface area contributed by atoms with Crippen LogP contribution in [0.3, 0.4) is 0 Å². The Bertz CT molecular complexity index is 1030. The second-order valence-electron chi connectivity index (χ2n) is 6.45. The monoisotopic (exact) mass is 388 g/mol. The summed E-state index contributed by atoms with van der Waals surface area (Å²) < 4.78 is 34.7. The van der Waals surface area contributed by atoms with Gasteiger partial charge in [0.25, 0.3) is 5.56 Å². The predicted molar refractivity (Wildman–Crippen MR) is 102 cm³/mol. The SMILES string of the molecule is O=c1c2ccccc2nc(SC[C@@H]2CCCCO2)n1-c1ccc(F)cc1F. The Morgan fingerprint density at radius 3 is 2.81 bits per heavy atom. The molecule has 3 aromatic rings. The Morgan fingerprint density at radius 1 is 1.19 bits per heavy atom. The highest BCUT2D eigenvalue weighted by Crippen LogP contribution is 2.26. The summed E-state index contributed by atoms with van der Waals surface area (Å²) in [6, 6.07) is 10.1. The minimum absolute atomic E-state index is 0.00767. The van der Waals surface area contributed by atoms with Crippen LogP contribution in [-0.2, 0) is 4.74 Å². The van der Waals surface area contributed by atoms with Crippen molar-refractivity contribution in [3.8, 4) is 5.69 Å². The van der Waals surface area contributed by atoms with Gasteiger partial charge in [-0.3, -0.25) is 9.36 Å². The molecule has 1 atom stereocenters. The number of hydrogen-bond donors (Lipinski definition) is 0. The van der Waals surface area contributed by atoms with E-state index in [1.54, 1.807) is 24.3 Å². The summed E-state index contributed by atoms with van der Waals surface area (Å²) in [5.74, 6) is -0.874. The van der Waals surface area contributed by atoms with Crippen molar-refractivity contribution >= 4 is 22.7 Å². The van der Waals surface area contributed by atoms with Gasteiger partial charge in [0, 0.05) is 18.4 Å². The highest BCUT2D eigenvalue weighted by molar-refractivity contribution is 7.99. The van der Waals surface area contributed by atoms with E-state index in [-0.39, 0.29) is 17.4 Å². The molecule has 2 aromatic carbocycles. The molecular formula is C20H18F2N2O2S. The molecule has 2 heterocycles. The topological polar surface area (TPSA) is 44.1 Å². The average molecular weight is 388 g/mol. The van der Waals surface area contributed by atoms with Crippen molar-refractivity contribution in [3.63, 3.8) is 0 Å². The van der Waals surface area contributed by atoms with Gasteiger partial charge in [0.1, 0.15) is 11.6 Å². The van der Waals surface area contributed by atoms with E-state index in [1.165, 1.54) is 22.4 Å². The summed E-state index contributed by atoms with van der Waals surface area (Å²) in [6.45, 7) is 0.732. The highest BCUT2D eigenvalue weighted by atomic mass is 32.2. The number of hydrogen-bond acceptors (Lipinski definition) is 4. The molecule has 0 N–H and O–H groups in total. The molecule has 140 valence electrons. The molecule has 0 aliphatic carbocycles. The standard InChI is InChI=1S/C20H18F2N2O2S/c21-13-8-9-18(16(22)11-13)24-19(25)15-6-1-2-7-17(15)23-20(24)27-12-14-5-3-4-10-26-14/h1-2,6-9,11,14H,3-5,10,12H2/t14-/m0/s1. The van der Waals surface area contributed by atoms with Crippen LogP contribution in [0.25, 0.3) is 16.6 Å². The summed E-state index contributed by atoms with van der Waals surface area (Å²) in [6.07, 6.45) is 3.20. The highest BCUT2D eigenvalue weighted by Gasteiger charge is 2.19. The number of halogens is 2. The van der Waals surface area contributed by atoms with Gasteiger partial charge in [-0.2, -0.15) is 0 Å². The first-order valence-corrected chi connectivity index (χ1v) is 9.83. The van der Waals surface area contributed by atoms with Crippen molar-refractivity contribution < 1.29 is 13.5 Å². The molecule has 1 aliphatic heterocycles. The summed E-state index contributed by atoms with van der Waals surface area (Å²) in [4.78, 5) is 17.6. The lowest BCUT2D eigenvalue weighted by Crippen LogP contribution is -2.25. The van der Waals surface area contributed by atoms with E-state index in [1.807, 2.05) is 0 Å². The van der Waals surface area contributed by atoms with Gasteiger partial charge in [-0.1, -0.05) is 23.9 Å². The molecule has 0 radical (unpaired) electrons. The minimum Gasteiger partial charge on any atom is -0.377 e. The van der Waals surface area contributed by atoms with Crippen molar-refractivity contribution in [2.45, 2.75) is 30.5 Å². The van der Waals surface area contributed by atoms with Gasteiger partial charge in [-0.15, -0.1) is 0 Å². The zero-order valence-electron chi connectivity index (χ0n) is 14.5. The fourth-order valence-corrected chi connectivity index (χ4v) is 4.26. The van der Waals surface area contributed by atoms with Crippen molar-refractivity contribution in [3.05, 3.63) is 64.5 Å². The minimum atomic E-state index is -0.801. The molecule has 1 aromatic heterocycles. The largest absolute Gasteiger partial charge is 0.377 e. The molecule has 1 aliphatic rings. The van der Waals surface area contributed by atoms with Gasteiger partial charge in [0.2, 0.25) is 0 Å². The van der Waals surface area contributed by atoms with E-state index >= 15 is 0 Å². The third-order valence-corrected chi connectivity index (χ3v) is 5.64. The number of aromatic nitrogens is 2. The molecule has 1 saturated heterocycles. The van der Waals surface area contributed by atoms with Crippen LogP contribution >= 0.6 is 11.8 Å². The lowest BCUT2D eigenvalue weighted by Gasteiger charge is -2.22. The van der Waals surface area contributed by atoms with Crippen LogP contribution in [0.15, 0.2) is 52.4 Å². The molecule has 4 rings (SSSR count). The summed E-state index contributed by atoms with van der Waals surface area (Å²) >= 11 is 1.36. The first-order valence-electron chi connectivity index (χ1n) is 8.85. The maximum atomic E-state index is 14.4. The molecular weight excluding hydrogens is 370 g/mol. The molecule has 0 unspecified atom stereocenters. The Hall–Kier alpha value is -2.25. The molecule has 27 heavy (non-hydrogen) atoms. The second-order valence-corrected chi connectivity index (χ2v) is 7.43. The third-order valence-electron chi connectivity index (χ3n) is 4.57. The maximum absolute atomic E-state index is 14.4. The van der Waals surface area contributed by atoms with E-state index in [0.717, 1.165) is 38.0 Å². The zero-order chi connectivity index (χ0) is 18.8. The first kappa shape index (κ1) is 18.1. The van der Waals surface area contributed by atoms with Crippen molar-refractivity contribution in [2.24, 2.45) is 0 Å². The Kier molecular flexibility index (Phi) is 5.22. The van der Waals surface area contributed by atoms with Crippen molar-refractivity contribution in [1.82, 2.24) is 9.55 Å². The number of nitrogens with zero attached hydrogens (tertiary/aromatic N) is 2. The number of benzene rings is 2. The van der Waals surface area contributed by atoms with Crippen LogP contribution in [0, 0.1) is 11.6 Å². The number of para-hydroxylation sites is 1. The van der Waals surface area contributed by atoms with Crippen LogP contribution in [0.1, 0.15) is 19.3 Å². The van der Waals surface area contributed by atoms with Gasteiger partial charge in [0.05, 0.1) is 22.7 Å². The molecule has 1 fully saturated rings. The Labute approximate surface area is 159 Å². The molecule has 0 spiro atoms. The van der Waals surface area contributed by atoms with Crippen LogP contribution in [0.2, 0.25) is 0 Å². The summed E-state index contributed by atoms with van der Waals surface area (Å²) in [5.41, 5.74) is 0.165. The van der Waals surface area contributed by atoms with Crippen LogP contribution in [0.5, 0.6) is 0 Å². The zero-order valence-corrected chi connectivity index (χ0v) is 15.3. The second kappa shape index (κ2) is 7.78. The smallest absolute Gasteiger partial charge is 0.266 e. The fourth-order valence-electron chi connectivity index (χ4n) is 3.19. The van der Waals surface area contributed by atoms with Crippen molar-refractivity contribution in [1.29, 1.82) is 0 Å². The molecule has 4 nitrogen and oxygen atoms in total. The summed E-state index contributed by atoms with van der Waals surface area (Å²) in [5, 5.41) is 0.762. The normalized spacial score (nSPS) is 17.3. The van der Waals surface area contributed by atoms with Gasteiger partial charge in [0.15, 0.2) is 5.16 Å². The van der Waals surface area contributed by atoms with Gasteiger partial charge < -0.3 is 4.74 Å². The van der Waals surface area contributed by atoms with Crippen molar-refractivity contribution in [2.75, 3.05) is 12.4 Å². The lowest BCUT2D eigenvalue weighted by molar-refractivity contribution is 0.0315. The van der Waals surface area contributed by atoms with Gasteiger partial charge in [-0.05, 0) is 43.5 Å². The van der Waals surface area contributed by atoms with E-state index in [2.05, 4.69) is 4.98 Å². The molecule has 0 amide bonds. The lowest BCUT2D eigenvalue weighted by atomic mass is 10.1. The molecule has 7 heteroatoms. The number of fused-ring (bicyclic) bond motifs is 1. The quantitative estimate of drug-likeness (QED) is 0.493. The first-order chi connectivity index (χ1) is 13.1. The van der Waals surface area contributed by atoms with E-state index in [0.29, 0.717) is 21.8 Å². The van der Waals surface area contributed by atoms with E-state index in [9.17, 15) is 13.6 Å². The average Bonchev–Trinajstić information content (AvgIpc) is 2.68. The Balaban J connectivity index is 1.81. The van der Waals surface area contributed by atoms with E-state index in [4.69, 9.17) is 4.74 Å². The molecule has 0 bridgehead atoms. The number of thioether (sulfide) groups is 1. The van der Waals surface area contributed by atoms with Gasteiger partial charge >= 0.3 is 0 Å². The fraction of sp³-hybridized carbons (Fsp3) is 0.300. The number of rotatable bonds is 4. The molecule has 0 saturated carbocycles. The Morgan fingerprint density at radius 2 is 2.04 bits per heavy atom. The number of ether oxygens (including phenoxy) is 1. The van der Waals surface area contributed by atoms with E-state index < -0.39 is 11.6 Å². The maximum Gasteiger partial charge on any atom is 0.266 e. The third kappa shape index (κ3) is 3.75. The summed E-state index contributed by atoms with van der Waals surface area (Å²) in [7, 11) is 0. The van der Waals surface area contributed by atoms with Crippen LogP contribution in [0.4, 0.5) is 8.78 Å². The van der Waals surface area contributed by atoms with Crippen LogP contribution in [-0.4, -0.2) is 28.0 Å². The van der Waals surface area contributed by atoms with Crippen LogP contribution < -0.4 is 5.56 Å². The predicted octanol–water partition coefficient (Wildman–Crippen LogP) is 4.33. The van der Waals surface area contributed by atoms with Gasteiger partial charge in [-0.25, -0.2) is 13.8 Å².